The number of carbonyl (C=O) groups is 1. The van der Waals surface area contributed by atoms with Gasteiger partial charge in [-0.1, -0.05) is 0 Å². The quantitative estimate of drug-likeness (QED) is 0.700. The Morgan fingerprint density at radius 3 is 2.78 bits per heavy atom. The Balaban J connectivity index is 2.27. The number of nitrogens with two attached hydrogens (primary N) is 1. The predicted octanol–water partition coefficient (Wildman–Crippen LogP) is 1.35. The maximum Gasteiger partial charge on any atom is 0.261 e. The third-order valence-electron chi connectivity index (χ3n) is 2.33. The van der Waals surface area contributed by atoms with Gasteiger partial charge in [-0.05, 0) is 18.2 Å². The first-order valence-corrected chi connectivity index (χ1v) is 5.11. The number of amides is 1. The maximum atomic E-state index is 12.8. The van der Waals surface area contributed by atoms with Gasteiger partial charge < -0.3 is 16.0 Å². The van der Waals surface area contributed by atoms with Crippen molar-refractivity contribution in [2.45, 2.75) is 0 Å². The van der Waals surface area contributed by atoms with Gasteiger partial charge in [-0.25, -0.2) is 4.39 Å². The first kappa shape index (κ1) is 11.8. The van der Waals surface area contributed by atoms with E-state index in [1.54, 1.807) is 0 Å². The molecule has 18 heavy (non-hydrogen) atoms. The fourth-order valence-corrected chi connectivity index (χ4v) is 1.43. The molecule has 1 aromatic carbocycles. The van der Waals surface area contributed by atoms with E-state index >= 15 is 0 Å². The number of H-pyrrole nitrogens is 1. The van der Waals surface area contributed by atoms with Crippen LogP contribution in [0, 0.1) is 5.82 Å². The molecule has 0 saturated heterocycles. The molecule has 1 heterocycles. The van der Waals surface area contributed by atoms with Crippen molar-refractivity contribution in [2.75, 3.05) is 11.1 Å². The number of pyridine rings is 1. The molecule has 92 valence electrons. The lowest BCUT2D eigenvalue weighted by Gasteiger charge is -2.07. The highest BCUT2D eigenvalue weighted by Gasteiger charge is 2.11. The molecule has 0 fully saturated rings. The van der Waals surface area contributed by atoms with Crippen LogP contribution >= 0.6 is 0 Å². The summed E-state index contributed by atoms with van der Waals surface area (Å²) in [6.07, 6.45) is 2.71. The Labute approximate surface area is 101 Å². The number of aromatic nitrogens is 1. The third kappa shape index (κ3) is 2.37. The molecule has 0 bridgehead atoms. The molecule has 1 aromatic heterocycles. The summed E-state index contributed by atoms with van der Waals surface area (Å²) < 4.78 is 12.8. The van der Waals surface area contributed by atoms with Gasteiger partial charge in [0.15, 0.2) is 5.43 Å². The Morgan fingerprint density at radius 2 is 2.11 bits per heavy atom. The highest BCUT2D eigenvalue weighted by Crippen LogP contribution is 2.19. The van der Waals surface area contributed by atoms with E-state index < -0.39 is 17.2 Å². The van der Waals surface area contributed by atoms with Crippen LogP contribution in [0.15, 0.2) is 41.5 Å². The molecule has 2 aromatic rings. The Hall–Kier alpha value is -2.63. The van der Waals surface area contributed by atoms with E-state index in [2.05, 4.69) is 10.3 Å². The lowest BCUT2D eigenvalue weighted by Crippen LogP contribution is -2.21. The second-order valence-corrected chi connectivity index (χ2v) is 3.61. The van der Waals surface area contributed by atoms with Gasteiger partial charge in [-0.2, -0.15) is 0 Å². The van der Waals surface area contributed by atoms with Crippen molar-refractivity contribution in [1.82, 2.24) is 4.98 Å². The lowest BCUT2D eigenvalue weighted by molar-refractivity contribution is 0.102. The standard InChI is InChI=1S/C12H10FN3O2/c13-7-1-2-10(9(14)5-7)16-12(18)8-6-15-4-3-11(8)17/h1-6H,14H2,(H,15,17)(H,16,18). The van der Waals surface area contributed by atoms with Crippen molar-refractivity contribution >= 4 is 17.3 Å². The molecule has 0 unspecified atom stereocenters. The lowest BCUT2D eigenvalue weighted by atomic mass is 10.2. The van der Waals surface area contributed by atoms with Gasteiger partial charge >= 0.3 is 0 Å². The monoisotopic (exact) mass is 247 g/mol. The summed E-state index contributed by atoms with van der Waals surface area (Å²) in [7, 11) is 0. The van der Waals surface area contributed by atoms with Crippen LogP contribution in [0.1, 0.15) is 10.4 Å². The predicted molar refractivity (Wildman–Crippen MR) is 65.8 cm³/mol. The number of hydrogen-bond donors (Lipinski definition) is 3. The van der Waals surface area contributed by atoms with Crippen molar-refractivity contribution in [3.8, 4) is 0 Å². The average Bonchev–Trinajstić information content (AvgIpc) is 2.33. The first-order valence-electron chi connectivity index (χ1n) is 5.11. The molecule has 0 radical (unpaired) electrons. The fourth-order valence-electron chi connectivity index (χ4n) is 1.43. The van der Waals surface area contributed by atoms with Gasteiger partial charge in [0.2, 0.25) is 0 Å². The fraction of sp³-hybridized carbons (Fsp3) is 0. The minimum absolute atomic E-state index is 0.0405. The summed E-state index contributed by atoms with van der Waals surface area (Å²) in [4.78, 5) is 25.8. The number of carbonyl (C=O) groups excluding carboxylic acids is 1. The summed E-state index contributed by atoms with van der Waals surface area (Å²) >= 11 is 0. The first-order chi connectivity index (χ1) is 8.58. The normalized spacial score (nSPS) is 10.1. The van der Waals surface area contributed by atoms with Crippen LogP contribution in [0.25, 0.3) is 0 Å². The number of nitrogens with one attached hydrogen (secondary N) is 2. The summed E-state index contributed by atoms with van der Waals surface area (Å²) in [6, 6.07) is 4.83. The van der Waals surface area contributed by atoms with E-state index in [4.69, 9.17) is 5.73 Å². The maximum absolute atomic E-state index is 12.8. The van der Waals surface area contributed by atoms with Crippen LogP contribution in [-0.4, -0.2) is 10.9 Å². The van der Waals surface area contributed by atoms with Crippen molar-refractivity contribution in [2.24, 2.45) is 0 Å². The summed E-state index contributed by atoms with van der Waals surface area (Å²) in [6.45, 7) is 0. The largest absolute Gasteiger partial charge is 0.397 e. The zero-order valence-electron chi connectivity index (χ0n) is 9.24. The molecule has 6 heteroatoms. The molecule has 0 aliphatic heterocycles. The molecular formula is C12H10FN3O2. The van der Waals surface area contributed by atoms with E-state index in [0.29, 0.717) is 0 Å². The number of anilines is 2. The highest BCUT2D eigenvalue weighted by molar-refractivity contribution is 6.05. The molecule has 4 N–H and O–H groups in total. The zero-order chi connectivity index (χ0) is 13.1. The van der Waals surface area contributed by atoms with Crippen molar-refractivity contribution < 1.29 is 9.18 Å². The Morgan fingerprint density at radius 1 is 1.33 bits per heavy atom. The zero-order valence-corrected chi connectivity index (χ0v) is 9.24. The van der Waals surface area contributed by atoms with E-state index in [9.17, 15) is 14.0 Å². The SMILES string of the molecule is Nc1cc(F)ccc1NC(=O)c1c[nH]ccc1=O. The molecular weight excluding hydrogens is 237 g/mol. The number of benzene rings is 1. The summed E-state index contributed by atoms with van der Waals surface area (Å²) in [5, 5.41) is 2.44. The van der Waals surface area contributed by atoms with E-state index in [1.807, 2.05) is 0 Å². The Bertz CT molecular complexity index is 652. The second-order valence-electron chi connectivity index (χ2n) is 3.61. The summed E-state index contributed by atoms with van der Waals surface area (Å²) in [5.41, 5.74) is 5.44. The number of halogens is 1. The summed E-state index contributed by atoms with van der Waals surface area (Å²) in [5.74, 6) is -1.10. The number of aromatic amines is 1. The van der Waals surface area contributed by atoms with Crippen molar-refractivity contribution in [3.63, 3.8) is 0 Å². The third-order valence-corrected chi connectivity index (χ3v) is 2.33. The van der Waals surface area contributed by atoms with Crippen molar-refractivity contribution in [1.29, 1.82) is 0 Å². The van der Waals surface area contributed by atoms with Crippen LogP contribution < -0.4 is 16.5 Å². The molecule has 0 atom stereocenters. The van der Waals surface area contributed by atoms with Gasteiger partial charge in [-0.3, -0.25) is 9.59 Å². The van der Waals surface area contributed by atoms with E-state index in [-0.39, 0.29) is 16.9 Å². The van der Waals surface area contributed by atoms with Gasteiger partial charge in [0, 0.05) is 18.5 Å². The molecule has 0 spiro atoms. The molecule has 2 rings (SSSR count). The molecule has 1 amide bonds. The van der Waals surface area contributed by atoms with Crippen LogP contribution in [0.5, 0.6) is 0 Å². The average molecular weight is 247 g/mol. The number of hydrogen-bond acceptors (Lipinski definition) is 3. The van der Waals surface area contributed by atoms with Crippen molar-refractivity contribution in [3.05, 3.63) is 58.3 Å². The highest BCUT2D eigenvalue weighted by atomic mass is 19.1. The number of rotatable bonds is 2. The molecule has 0 aliphatic carbocycles. The van der Waals surface area contributed by atoms with Gasteiger partial charge in [0.1, 0.15) is 11.4 Å². The van der Waals surface area contributed by atoms with Gasteiger partial charge in [-0.15, -0.1) is 0 Å². The number of nitrogen functional groups attached to an aromatic ring is 1. The van der Waals surface area contributed by atoms with Gasteiger partial charge in [0.05, 0.1) is 11.4 Å². The minimum Gasteiger partial charge on any atom is -0.397 e. The van der Waals surface area contributed by atoms with E-state index in [0.717, 1.165) is 6.07 Å². The van der Waals surface area contributed by atoms with Crippen LogP contribution in [0.3, 0.4) is 0 Å². The van der Waals surface area contributed by atoms with Crippen LogP contribution in [-0.2, 0) is 0 Å². The van der Waals surface area contributed by atoms with E-state index in [1.165, 1.54) is 30.6 Å². The van der Waals surface area contributed by atoms with Gasteiger partial charge in [0.25, 0.3) is 5.91 Å². The molecule has 0 aliphatic rings. The second kappa shape index (κ2) is 4.70. The minimum atomic E-state index is -0.602. The smallest absolute Gasteiger partial charge is 0.261 e. The Kier molecular flexibility index (Phi) is 3.09. The molecule has 5 nitrogen and oxygen atoms in total. The van der Waals surface area contributed by atoms with Crippen LogP contribution in [0.2, 0.25) is 0 Å². The topological polar surface area (TPSA) is 88.0 Å². The van der Waals surface area contributed by atoms with Crippen LogP contribution in [0.4, 0.5) is 15.8 Å². The molecule has 0 saturated carbocycles.